The van der Waals surface area contributed by atoms with Crippen LogP contribution in [-0.2, 0) is 4.79 Å². The Balaban J connectivity index is 1.53. The molecule has 0 saturated carbocycles. The maximum Gasteiger partial charge on any atom is 0.234 e. The predicted molar refractivity (Wildman–Crippen MR) is 126 cm³/mol. The van der Waals surface area contributed by atoms with E-state index in [0.717, 1.165) is 11.3 Å². The molecule has 4 rings (SSSR count). The molecule has 2 aliphatic heterocycles. The zero-order valence-corrected chi connectivity index (χ0v) is 18.5. The van der Waals surface area contributed by atoms with Crippen molar-refractivity contribution in [1.82, 2.24) is 10.9 Å². The summed E-state index contributed by atoms with van der Waals surface area (Å²) in [4.78, 5) is 19.3. The van der Waals surface area contributed by atoms with Gasteiger partial charge in [0.1, 0.15) is 17.8 Å². The molecule has 0 aliphatic carbocycles. The first-order valence-electron chi connectivity index (χ1n) is 10.1. The number of methoxy groups -OCH3 is 1. The number of carbonyl (C=O) groups is 1. The molecule has 2 aromatic rings. The van der Waals surface area contributed by atoms with Crippen LogP contribution in [0.25, 0.3) is 0 Å². The number of fused-ring (bicyclic) bond motifs is 1. The second-order valence-electron chi connectivity index (χ2n) is 7.59. The van der Waals surface area contributed by atoms with Gasteiger partial charge in [-0.15, -0.1) is 0 Å². The van der Waals surface area contributed by atoms with Crippen molar-refractivity contribution in [3.05, 3.63) is 54.1 Å². The Labute approximate surface area is 185 Å². The predicted octanol–water partition coefficient (Wildman–Crippen LogP) is 2.97. The van der Waals surface area contributed by atoms with Crippen LogP contribution in [-0.4, -0.2) is 42.0 Å². The van der Waals surface area contributed by atoms with Gasteiger partial charge in [-0.25, -0.2) is 10.4 Å². The van der Waals surface area contributed by atoms with Gasteiger partial charge in [0.2, 0.25) is 5.91 Å². The minimum absolute atomic E-state index is 0.0801. The van der Waals surface area contributed by atoms with E-state index in [4.69, 9.17) is 15.1 Å². The SMILES string of the molecule is COc1cccc(NC(=O)CSC2=NC3NNC(C)C3C(=N)N2c2cccc(C)c2)c1. The highest BCUT2D eigenvalue weighted by atomic mass is 32.2. The number of nitrogens with one attached hydrogen (secondary N) is 4. The first-order valence-corrected chi connectivity index (χ1v) is 11.1. The maximum atomic E-state index is 12.6. The van der Waals surface area contributed by atoms with Gasteiger partial charge in [0, 0.05) is 23.5 Å². The number of thioether (sulfide) groups is 1. The Morgan fingerprint density at radius 1 is 1.26 bits per heavy atom. The summed E-state index contributed by atoms with van der Waals surface area (Å²) in [6.07, 6.45) is -0.229. The molecule has 0 spiro atoms. The molecule has 1 amide bonds. The van der Waals surface area contributed by atoms with Gasteiger partial charge in [0.25, 0.3) is 0 Å². The van der Waals surface area contributed by atoms with Crippen LogP contribution in [0.15, 0.2) is 53.5 Å². The molecule has 9 heteroatoms. The Morgan fingerprint density at radius 2 is 2.06 bits per heavy atom. The van der Waals surface area contributed by atoms with Gasteiger partial charge in [-0.3, -0.25) is 20.5 Å². The quantitative estimate of drug-likeness (QED) is 0.573. The van der Waals surface area contributed by atoms with E-state index in [1.165, 1.54) is 11.8 Å². The van der Waals surface area contributed by atoms with E-state index in [1.807, 2.05) is 61.2 Å². The van der Waals surface area contributed by atoms with Crippen LogP contribution in [0.2, 0.25) is 0 Å². The standard InChI is InChI=1S/C22H26N6O2S/c1-13-6-4-8-16(10-13)28-20(23)19-14(2)26-27-21(19)25-22(28)31-12-18(29)24-15-7-5-9-17(11-15)30-3/h4-11,14,19,21,23,26-27H,12H2,1-3H3,(H,24,29). The van der Waals surface area contributed by atoms with E-state index in [1.54, 1.807) is 13.2 Å². The molecule has 31 heavy (non-hydrogen) atoms. The summed E-state index contributed by atoms with van der Waals surface area (Å²) < 4.78 is 5.21. The van der Waals surface area contributed by atoms with Crippen LogP contribution in [0.1, 0.15) is 12.5 Å². The summed E-state index contributed by atoms with van der Waals surface area (Å²) in [7, 11) is 1.59. The molecule has 2 aliphatic rings. The number of rotatable bonds is 5. The van der Waals surface area contributed by atoms with E-state index in [0.29, 0.717) is 22.4 Å². The second-order valence-corrected chi connectivity index (χ2v) is 8.53. The van der Waals surface area contributed by atoms with Gasteiger partial charge in [-0.05, 0) is 43.7 Å². The number of ether oxygens (including phenoxy) is 1. The molecule has 1 saturated heterocycles. The number of amides is 1. The van der Waals surface area contributed by atoms with Crippen LogP contribution < -0.4 is 25.8 Å². The van der Waals surface area contributed by atoms with E-state index < -0.39 is 0 Å². The normalized spacial score (nSPS) is 22.7. The molecule has 8 nitrogen and oxygen atoms in total. The number of nitrogens with zero attached hydrogens (tertiary/aromatic N) is 2. The number of hydrogen-bond donors (Lipinski definition) is 4. The van der Waals surface area contributed by atoms with Crippen molar-refractivity contribution in [3.8, 4) is 5.75 Å². The molecule has 2 aromatic carbocycles. The zero-order valence-electron chi connectivity index (χ0n) is 17.7. The van der Waals surface area contributed by atoms with E-state index in [2.05, 4.69) is 16.2 Å². The van der Waals surface area contributed by atoms with Gasteiger partial charge < -0.3 is 10.1 Å². The third-order valence-electron chi connectivity index (χ3n) is 5.28. The van der Waals surface area contributed by atoms with Crippen molar-refractivity contribution in [2.75, 3.05) is 23.1 Å². The van der Waals surface area contributed by atoms with E-state index in [-0.39, 0.29) is 29.8 Å². The molecule has 0 aromatic heterocycles. The van der Waals surface area contributed by atoms with Crippen molar-refractivity contribution in [2.24, 2.45) is 10.9 Å². The van der Waals surface area contributed by atoms with Gasteiger partial charge in [0.05, 0.1) is 18.8 Å². The van der Waals surface area contributed by atoms with E-state index in [9.17, 15) is 4.79 Å². The Morgan fingerprint density at radius 3 is 2.84 bits per heavy atom. The largest absolute Gasteiger partial charge is 0.497 e. The van der Waals surface area contributed by atoms with Crippen molar-refractivity contribution < 1.29 is 9.53 Å². The molecule has 0 bridgehead atoms. The summed E-state index contributed by atoms with van der Waals surface area (Å²) in [5.74, 6) is 1.08. The fourth-order valence-electron chi connectivity index (χ4n) is 3.74. The number of carbonyl (C=O) groups excluding carboxylic acids is 1. The number of anilines is 2. The molecule has 162 valence electrons. The number of hydrazine groups is 1. The fourth-order valence-corrected chi connectivity index (χ4v) is 4.60. The summed E-state index contributed by atoms with van der Waals surface area (Å²) >= 11 is 1.32. The smallest absolute Gasteiger partial charge is 0.234 e. The van der Waals surface area contributed by atoms with Crippen molar-refractivity contribution in [1.29, 1.82) is 5.41 Å². The Hall–Kier alpha value is -2.88. The number of benzene rings is 2. The molecule has 2 heterocycles. The van der Waals surface area contributed by atoms with Crippen LogP contribution >= 0.6 is 11.8 Å². The van der Waals surface area contributed by atoms with Crippen molar-refractivity contribution >= 4 is 40.0 Å². The molecule has 4 N–H and O–H groups in total. The molecule has 0 radical (unpaired) electrons. The highest BCUT2D eigenvalue weighted by molar-refractivity contribution is 8.14. The van der Waals surface area contributed by atoms with Crippen LogP contribution in [0.4, 0.5) is 11.4 Å². The lowest BCUT2D eigenvalue weighted by Crippen LogP contribution is -2.50. The van der Waals surface area contributed by atoms with Gasteiger partial charge in [0.15, 0.2) is 5.17 Å². The third kappa shape index (κ3) is 4.58. The topological polar surface area (TPSA) is 102 Å². The third-order valence-corrected chi connectivity index (χ3v) is 6.23. The number of aliphatic imine (C=N–C) groups is 1. The van der Waals surface area contributed by atoms with Gasteiger partial charge in [-0.1, -0.05) is 30.0 Å². The summed E-state index contributed by atoms with van der Waals surface area (Å²) in [5, 5.41) is 12.4. The summed E-state index contributed by atoms with van der Waals surface area (Å²) in [6, 6.07) is 15.3. The van der Waals surface area contributed by atoms with Crippen molar-refractivity contribution in [2.45, 2.75) is 26.1 Å². The lowest BCUT2D eigenvalue weighted by atomic mass is 9.97. The highest BCUT2D eigenvalue weighted by Crippen LogP contribution is 2.32. The maximum absolute atomic E-state index is 12.6. The Bertz CT molecular complexity index is 1030. The van der Waals surface area contributed by atoms with E-state index >= 15 is 0 Å². The van der Waals surface area contributed by atoms with Gasteiger partial charge >= 0.3 is 0 Å². The minimum atomic E-state index is -0.229. The minimum Gasteiger partial charge on any atom is -0.497 e. The summed E-state index contributed by atoms with van der Waals surface area (Å²) in [6.45, 7) is 4.06. The van der Waals surface area contributed by atoms with Gasteiger partial charge in [-0.2, -0.15) is 0 Å². The molecule has 3 atom stereocenters. The van der Waals surface area contributed by atoms with Crippen LogP contribution in [0.5, 0.6) is 5.75 Å². The van der Waals surface area contributed by atoms with Crippen molar-refractivity contribution in [3.63, 3.8) is 0 Å². The lowest BCUT2D eigenvalue weighted by molar-refractivity contribution is -0.113. The summed E-state index contributed by atoms with van der Waals surface area (Å²) in [5.41, 5.74) is 8.99. The molecular weight excluding hydrogens is 412 g/mol. The number of amidine groups is 2. The lowest BCUT2D eigenvalue weighted by Gasteiger charge is -2.36. The molecule has 3 unspecified atom stereocenters. The molecule has 1 fully saturated rings. The zero-order chi connectivity index (χ0) is 22.0. The number of aryl methyl sites for hydroxylation is 1. The number of hydrogen-bond acceptors (Lipinski definition) is 7. The average molecular weight is 439 g/mol. The Kier molecular flexibility index (Phi) is 6.26. The molecular formula is C22H26N6O2S. The highest BCUT2D eigenvalue weighted by Gasteiger charge is 2.43. The first kappa shape index (κ1) is 21.4. The monoisotopic (exact) mass is 438 g/mol. The average Bonchev–Trinajstić information content (AvgIpc) is 3.13. The van der Waals surface area contributed by atoms with Crippen LogP contribution in [0, 0.1) is 18.3 Å². The van der Waals surface area contributed by atoms with Crippen LogP contribution in [0.3, 0.4) is 0 Å². The fraction of sp³-hybridized carbons (Fsp3) is 0.318. The second kappa shape index (κ2) is 9.09. The first-order chi connectivity index (χ1) is 15.0.